The Balaban J connectivity index is 2.09. The molecule has 1 aromatic heterocycles. The summed E-state index contributed by atoms with van der Waals surface area (Å²) in [5.74, 6) is 0.566. The topological polar surface area (TPSA) is 45.2 Å². The number of amides is 1. The van der Waals surface area contributed by atoms with E-state index in [2.05, 4.69) is 24.1 Å². The molecule has 2 heterocycles. The summed E-state index contributed by atoms with van der Waals surface area (Å²) in [7, 11) is 0. The molecule has 0 saturated carbocycles. The van der Waals surface area contributed by atoms with Gasteiger partial charge < -0.3 is 10.2 Å². The number of carbonyl (C=O) groups excluding carboxylic acids is 1. The zero-order chi connectivity index (χ0) is 18.1. The van der Waals surface area contributed by atoms with Crippen molar-refractivity contribution in [2.24, 2.45) is 5.92 Å². The molecule has 2 unspecified atom stereocenters. The SMILES string of the molecule is CCC1[C@H](C)C(Nc2cccc(C)n2)c2cc(F)ccc2N1C(C)=O. The average Bonchev–Trinajstić information content (AvgIpc) is 2.56. The van der Waals surface area contributed by atoms with Gasteiger partial charge in [0.1, 0.15) is 11.6 Å². The lowest BCUT2D eigenvalue weighted by molar-refractivity contribution is -0.117. The maximum atomic E-state index is 14.0. The highest BCUT2D eigenvalue weighted by atomic mass is 19.1. The first kappa shape index (κ1) is 17.4. The summed E-state index contributed by atoms with van der Waals surface area (Å²) in [6.07, 6.45) is 0.830. The normalized spacial score (nSPS) is 22.4. The van der Waals surface area contributed by atoms with Crippen LogP contribution >= 0.6 is 0 Å². The number of aromatic nitrogens is 1. The van der Waals surface area contributed by atoms with E-state index in [0.29, 0.717) is 0 Å². The number of pyridine rings is 1. The van der Waals surface area contributed by atoms with Crippen LogP contribution in [0.4, 0.5) is 15.9 Å². The summed E-state index contributed by atoms with van der Waals surface area (Å²) in [5.41, 5.74) is 2.50. The molecule has 132 valence electrons. The van der Waals surface area contributed by atoms with E-state index < -0.39 is 0 Å². The third kappa shape index (κ3) is 3.23. The number of hydrogen-bond donors (Lipinski definition) is 1. The average molecular weight is 341 g/mol. The fourth-order valence-corrected chi connectivity index (χ4v) is 3.86. The predicted octanol–water partition coefficient (Wildman–Crippen LogP) is 4.46. The number of aryl methyl sites for hydroxylation is 1. The number of nitrogens with zero attached hydrogens (tertiary/aromatic N) is 2. The summed E-state index contributed by atoms with van der Waals surface area (Å²) < 4.78 is 14.0. The van der Waals surface area contributed by atoms with E-state index in [4.69, 9.17) is 0 Å². The maximum Gasteiger partial charge on any atom is 0.224 e. The van der Waals surface area contributed by atoms with Crippen LogP contribution in [0.2, 0.25) is 0 Å². The summed E-state index contributed by atoms with van der Waals surface area (Å²) in [5, 5.41) is 3.46. The molecule has 0 fully saturated rings. The standard InChI is InChI=1S/C20H24FN3O/c1-5-17-13(3)20(23-19-8-6-7-12(2)22-19)16-11-15(21)9-10-18(16)24(17)14(4)25/h6-11,13,17,20H,5H2,1-4H3,(H,22,23)/t13-,17?,20?/m0/s1. The molecule has 1 aromatic carbocycles. The third-order valence-electron chi connectivity index (χ3n) is 5.00. The lowest BCUT2D eigenvalue weighted by Gasteiger charge is -2.45. The molecule has 1 N–H and O–H groups in total. The predicted molar refractivity (Wildman–Crippen MR) is 98.1 cm³/mol. The minimum atomic E-state index is -0.298. The van der Waals surface area contributed by atoms with Gasteiger partial charge in [0.05, 0.1) is 6.04 Å². The van der Waals surface area contributed by atoms with Crippen LogP contribution in [0.25, 0.3) is 0 Å². The Morgan fingerprint density at radius 1 is 1.32 bits per heavy atom. The first-order valence-corrected chi connectivity index (χ1v) is 8.71. The number of benzene rings is 1. The quantitative estimate of drug-likeness (QED) is 0.896. The van der Waals surface area contributed by atoms with Crippen LogP contribution in [-0.4, -0.2) is 16.9 Å². The van der Waals surface area contributed by atoms with Gasteiger partial charge in [-0.05, 0) is 43.7 Å². The molecule has 5 heteroatoms. The van der Waals surface area contributed by atoms with Crippen molar-refractivity contribution in [1.29, 1.82) is 0 Å². The molecule has 4 nitrogen and oxygen atoms in total. The van der Waals surface area contributed by atoms with Gasteiger partial charge in [0.15, 0.2) is 0 Å². The van der Waals surface area contributed by atoms with Crippen LogP contribution < -0.4 is 10.2 Å². The first-order valence-electron chi connectivity index (χ1n) is 8.71. The molecular weight excluding hydrogens is 317 g/mol. The van der Waals surface area contributed by atoms with Gasteiger partial charge in [0.2, 0.25) is 5.91 Å². The molecule has 0 spiro atoms. The second kappa shape index (κ2) is 6.82. The Bertz CT molecular complexity index is 792. The number of halogens is 1. The fourth-order valence-electron chi connectivity index (χ4n) is 3.86. The molecule has 0 saturated heterocycles. The molecule has 1 aliphatic heterocycles. The van der Waals surface area contributed by atoms with Crippen molar-refractivity contribution in [3.8, 4) is 0 Å². The number of hydrogen-bond acceptors (Lipinski definition) is 3. The molecule has 0 radical (unpaired) electrons. The Hall–Kier alpha value is -2.43. The van der Waals surface area contributed by atoms with Crippen molar-refractivity contribution in [1.82, 2.24) is 4.98 Å². The number of anilines is 2. The molecule has 25 heavy (non-hydrogen) atoms. The van der Waals surface area contributed by atoms with E-state index >= 15 is 0 Å². The van der Waals surface area contributed by atoms with Crippen molar-refractivity contribution < 1.29 is 9.18 Å². The van der Waals surface area contributed by atoms with E-state index in [1.165, 1.54) is 12.1 Å². The Morgan fingerprint density at radius 3 is 2.72 bits per heavy atom. The number of rotatable bonds is 3. The van der Waals surface area contributed by atoms with E-state index in [-0.39, 0.29) is 29.7 Å². The van der Waals surface area contributed by atoms with E-state index in [0.717, 1.165) is 29.2 Å². The number of nitrogens with one attached hydrogen (secondary N) is 1. The first-order chi connectivity index (χ1) is 11.9. The van der Waals surface area contributed by atoms with Gasteiger partial charge in [0, 0.05) is 35.8 Å². The van der Waals surface area contributed by atoms with Crippen molar-refractivity contribution in [2.45, 2.75) is 46.2 Å². The zero-order valence-electron chi connectivity index (χ0n) is 15.1. The second-order valence-corrected chi connectivity index (χ2v) is 6.71. The Morgan fingerprint density at radius 2 is 2.08 bits per heavy atom. The van der Waals surface area contributed by atoms with Gasteiger partial charge in [-0.2, -0.15) is 0 Å². The molecule has 1 amide bonds. The minimum absolute atomic E-state index is 0.0151. The van der Waals surface area contributed by atoms with Crippen LogP contribution in [0.5, 0.6) is 0 Å². The van der Waals surface area contributed by atoms with E-state index in [9.17, 15) is 9.18 Å². The smallest absolute Gasteiger partial charge is 0.224 e. The molecule has 3 rings (SSSR count). The largest absolute Gasteiger partial charge is 0.363 e. The van der Waals surface area contributed by atoms with Gasteiger partial charge in [-0.15, -0.1) is 0 Å². The molecule has 1 aliphatic rings. The van der Waals surface area contributed by atoms with Crippen molar-refractivity contribution in [3.05, 3.63) is 53.5 Å². The fraction of sp³-hybridized carbons (Fsp3) is 0.400. The highest BCUT2D eigenvalue weighted by molar-refractivity contribution is 5.94. The van der Waals surface area contributed by atoms with Crippen molar-refractivity contribution >= 4 is 17.4 Å². The number of fused-ring (bicyclic) bond motifs is 1. The van der Waals surface area contributed by atoms with Gasteiger partial charge in [-0.3, -0.25) is 4.79 Å². The van der Waals surface area contributed by atoms with Crippen molar-refractivity contribution in [3.63, 3.8) is 0 Å². The van der Waals surface area contributed by atoms with Crippen LogP contribution in [-0.2, 0) is 4.79 Å². The van der Waals surface area contributed by atoms with E-state index in [1.54, 1.807) is 17.9 Å². The van der Waals surface area contributed by atoms with Crippen LogP contribution in [0.15, 0.2) is 36.4 Å². The zero-order valence-corrected chi connectivity index (χ0v) is 15.1. The molecular formula is C20H24FN3O. The van der Waals surface area contributed by atoms with Gasteiger partial charge in [-0.1, -0.05) is 19.9 Å². The van der Waals surface area contributed by atoms with E-state index in [1.807, 2.05) is 25.1 Å². The summed E-state index contributed by atoms with van der Waals surface area (Å²) in [4.78, 5) is 18.6. The van der Waals surface area contributed by atoms with Crippen LogP contribution in [0.3, 0.4) is 0 Å². The molecule has 0 aliphatic carbocycles. The minimum Gasteiger partial charge on any atom is -0.363 e. The lowest BCUT2D eigenvalue weighted by atomic mass is 9.81. The van der Waals surface area contributed by atoms with Crippen molar-refractivity contribution in [2.75, 3.05) is 10.2 Å². The highest BCUT2D eigenvalue weighted by Crippen LogP contribution is 2.43. The Labute approximate surface area is 148 Å². The maximum absolute atomic E-state index is 14.0. The highest BCUT2D eigenvalue weighted by Gasteiger charge is 2.39. The molecule has 0 bridgehead atoms. The number of carbonyl (C=O) groups is 1. The summed E-state index contributed by atoms with van der Waals surface area (Å²) >= 11 is 0. The monoisotopic (exact) mass is 341 g/mol. The van der Waals surface area contributed by atoms with Gasteiger partial charge >= 0.3 is 0 Å². The second-order valence-electron chi connectivity index (χ2n) is 6.71. The lowest BCUT2D eigenvalue weighted by Crippen LogP contribution is -2.49. The van der Waals surface area contributed by atoms with Crippen LogP contribution in [0.1, 0.15) is 44.5 Å². The Kier molecular flexibility index (Phi) is 4.75. The van der Waals surface area contributed by atoms with Crippen LogP contribution in [0, 0.1) is 18.7 Å². The van der Waals surface area contributed by atoms with Gasteiger partial charge in [-0.25, -0.2) is 9.37 Å². The summed E-state index contributed by atoms with van der Waals surface area (Å²) in [6.45, 7) is 7.69. The third-order valence-corrected chi connectivity index (χ3v) is 5.00. The van der Waals surface area contributed by atoms with Gasteiger partial charge in [0.25, 0.3) is 0 Å². The molecule has 3 atom stereocenters. The summed E-state index contributed by atoms with van der Waals surface area (Å²) in [6, 6.07) is 10.4. The molecule has 2 aromatic rings.